The third-order valence-corrected chi connectivity index (χ3v) is 3.19. The Balaban J connectivity index is 2.68. The summed E-state index contributed by atoms with van der Waals surface area (Å²) in [5, 5.41) is 0.660. The van der Waals surface area contributed by atoms with Crippen molar-refractivity contribution in [2.75, 3.05) is 6.54 Å². The van der Waals surface area contributed by atoms with Crippen molar-refractivity contribution in [1.82, 2.24) is 4.72 Å². The van der Waals surface area contributed by atoms with Gasteiger partial charge in [0.05, 0.1) is 0 Å². The van der Waals surface area contributed by atoms with Crippen LogP contribution in [0.5, 0.6) is 5.75 Å². The first-order valence-corrected chi connectivity index (χ1v) is 6.65. The van der Waals surface area contributed by atoms with Gasteiger partial charge in [0.1, 0.15) is 31.6 Å². The van der Waals surface area contributed by atoms with Crippen LogP contribution in [0.4, 0.5) is 4.39 Å². The first-order chi connectivity index (χ1) is 7.93. The maximum Gasteiger partial charge on any atom is 0.148 e. The second kappa shape index (κ2) is 6.62. The second-order valence-electron chi connectivity index (χ2n) is 4.22. The van der Waals surface area contributed by atoms with Crippen molar-refractivity contribution in [3.63, 3.8) is 0 Å². The minimum absolute atomic E-state index is 0.135. The molecule has 1 atom stereocenters. The van der Waals surface area contributed by atoms with Crippen molar-refractivity contribution in [1.29, 1.82) is 0 Å². The minimum atomic E-state index is -0.417. The van der Waals surface area contributed by atoms with Crippen LogP contribution in [-0.4, -0.2) is 14.4 Å². The third-order valence-electron chi connectivity index (χ3n) is 2.22. The van der Waals surface area contributed by atoms with Crippen molar-refractivity contribution >= 4 is 40.1 Å². The minimum Gasteiger partial charge on any atom is -0.409 e. The van der Waals surface area contributed by atoms with Gasteiger partial charge in [-0.25, -0.2) is 9.11 Å². The molecule has 1 N–H and O–H groups in total. The highest BCUT2D eigenvalue weighted by atomic mass is 32.2. The summed E-state index contributed by atoms with van der Waals surface area (Å²) in [6.45, 7) is 6.79. The zero-order valence-corrected chi connectivity index (χ0v) is 12.2. The molecule has 0 fully saturated rings. The van der Waals surface area contributed by atoms with Gasteiger partial charge < -0.3 is 4.18 Å². The monoisotopic (exact) mass is 271 g/mol. The number of rotatable bonds is 5. The van der Waals surface area contributed by atoms with Gasteiger partial charge in [0.15, 0.2) is 0 Å². The largest absolute Gasteiger partial charge is 0.409 e. The molecule has 1 aromatic carbocycles. The number of nitrogens with one attached hydrogen (secondary N) is 1. The average Bonchev–Trinajstić information content (AvgIpc) is 2.24. The molecule has 92 valence electrons. The number of hydrogen-bond donors (Lipinski definition) is 1. The molecule has 17 heavy (non-hydrogen) atoms. The van der Waals surface area contributed by atoms with Crippen LogP contribution in [0.15, 0.2) is 6.07 Å². The van der Waals surface area contributed by atoms with Gasteiger partial charge in [0, 0.05) is 11.8 Å². The molecule has 0 saturated heterocycles. The van der Waals surface area contributed by atoms with E-state index in [9.17, 15) is 4.39 Å². The quantitative estimate of drug-likeness (QED) is 0.289. The maximum absolute atomic E-state index is 13.3. The lowest BCUT2D eigenvalue weighted by atomic mass is 9.90. The molecule has 0 saturated carbocycles. The number of halogens is 1. The van der Waals surface area contributed by atoms with Gasteiger partial charge >= 0.3 is 0 Å². The van der Waals surface area contributed by atoms with Crippen molar-refractivity contribution in [3.05, 3.63) is 17.4 Å². The summed E-state index contributed by atoms with van der Waals surface area (Å²) >= 11 is 1.14. The number of benzene rings is 1. The Kier molecular flexibility index (Phi) is 5.77. The second-order valence-corrected chi connectivity index (χ2v) is 5.47. The summed E-state index contributed by atoms with van der Waals surface area (Å²) in [4.78, 5) is 0. The summed E-state index contributed by atoms with van der Waals surface area (Å²) in [5.41, 5.74) is 0.754. The smallest absolute Gasteiger partial charge is 0.148 e. The summed E-state index contributed by atoms with van der Waals surface area (Å²) in [6, 6.07) is 1.35. The molecule has 0 spiro atoms. The SMILES string of the molecule is [B]c1c(F)cc(P)c(OSNCC(C)C)c1C. The molecular weight excluding hydrogens is 255 g/mol. The molecule has 0 amide bonds. The molecule has 0 aliphatic carbocycles. The lowest BCUT2D eigenvalue weighted by Crippen LogP contribution is -2.20. The first kappa shape index (κ1) is 14.8. The Bertz CT molecular complexity index is 404. The molecule has 0 aliphatic rings. The van der Waals surface area contributed by atoms with Gasteiger partial charge in [-0.2, -0.15) is 0 Å². The normalized spacial score (nSPS) is 10.9. The third kappa shape index (κ3) is 4.16. The van der Waals surface area contributed by atoms with Crippen molar-refractivity contribution < 1.29 is 8.57 Å². The maximum atomic E-state index is 13.3. The topological polar surface area (TPSA) is 21.3 Å². The summed E-state index contributed by atoms with van der Waals surface area (Å²) < 4.78 is 21.9. The van der Waals surface area contributed by atoms with Gasteiger partial charge in [-0.1, -0.05) is 19.3 Å². The molecule has 1 rings (SSSR count). The predicted octanol–water partition coefficient (Wildman–Crippen LogP) is 1.62. The molecular formula is C11H16BFNOPS. The molecule has 1 unspecified atom stereocenters. The average molecular weight is 271 g/mol. The van der Waals surface area contributed by atoms with Gasteiger partial charge in [-0.05, 0) is 24.5 Å². The molecule has 1 aromatic rings. The van der Waals surface area contributed by atoms with E-state index in [0.717, 1.165) is 18.8 Å². The zero-order valence-electron chi connectivity index (χ0n) is 10.2. The summed E-state index contributed by atoms with van der Waals surface area (Å²) in [5.74, 6) is 0.719. The van der Waals surface area contributed by atoms with Gasteiger partial charge in [-0.3, -0.25) is 0 Å². The molecule has 0 aliphatic heterocycles. The Morgan fingerprint density at radius 3 is 2.82 bits per heavy atom. The molecule has 0 aromatic heterocycles. The van der Waals surface area contributed by atoms with Crippen LogP contribution in [0.3, 0.4) is 0 Å². The lowest BCUT2D eigenvalue weighted by molar-refractivity contribution is 0.596. The highest BCUT2D eigenvalue weighted by Gasteiger charge is 2.11. The Morgan fingerprint density at radius 1 is 1.59 bits per heavy atom. The van der Waals surface area contributed by atoms with E-state index in [1.165, 1.54) is 6.07 Å². The van der Waals surface area contributed by atoms with E-state index in [1.807, 2.05) is 0 Å². The highest BCUT2D eigenvalue weighted by Crippen LogP contribution is 2.20. The van der Waals surface area contributed by atoms with Crippen molar-refractivity contribution in [3.8, 4) is 5.75 Å². The molecule has 2 nitrogen and oxygen atoms in total. The fourth-order valence-electron chi connectivity index (χ4n) is 1.18. The Hall–Kier alpha value is -0.245. The lowest BCUT2D eigenvalue weighted by Gasteiger charge is -2.14. The van der Waals surface area contributed by atoms with E-state index in [2.05, 4.69) is 27.8 Å². The zero-order chi connectivity index (χ0) is 13.0. The van der Waals surface area contributed by atoms with Gasteiger partial charge in [0.2, 0.25) is 0 Å². The molecule has 0 heterocycles. The van der Waals surface area contributed by atoms with E-state index < -0.39 is 5.82 Å². The Morgan fingerprint density at radius 2 is 2.24 bits per heavy atom. The molecule has 0 bridgehead atoms. The van der Waals surface area contributed by atoms with Crippen LogP contribution in [0.1, 0.15) is 19.4 Å². The highest BCUT2D eigenvalue weighted by molar-refractivity contribution is 7.93. The van der Waals surface area contributed by atoms with E-state index in [0.29, 0.717) is 22.5 Å². The van der Waals surface area contributed by atoms with Crippen LogP contribution >= 0.6 is 21.5 Å². The van der Waals surface area contributed by atoms with E-state index in [1.54, 1.807) is 6.92 Å². The first-order valence-electron chi connectivity index (χ1n) is 5.34. The number of hydrogen-bond acceptors (Lipinski definition) is 3. The van der Waals surface area contributed by atoms with E-state index in [-0.39, 0.29) is 5.46 Å². The fourth-order valence-corrected chi connectivity index (χ4v) is 2.45. The predicted molar refractivity (Wildman–Crippen MR) is 76.9 cm³/mol. The Labute approximate surface area is 110 Å². The standard InChI is InChI=1S/C11H16BFNOPS/c1-6(2)5-14-17-15-11-7(3)10(12)8(13)4-9(11)16/h4,6,14H,5,16H2,1-3H3. The van der Waals surface area contributed by atoms with Crippen molar-refractivity contribution in [2.45, 2.75) is 20.8 Å². The van der Waals surface area contributed by atoms with Gasteiger partial charge in [-0.15, -0.1) is 9.24 Å². The molecule has 2 radical (unpaired) electrons. The fraction of sp³-hybridized carbons (Fsp3) is 0.455. The van der Waals surface area contributed by atoms with Crippen LogP contribution in [0, 0.1) is 18.7 Å². The van der Waals surface area contributed by atoms with Crippen LogP contribution < -0.4 is 19.7 Å². The van der Waals surface area contributed by atoms with E-state index >= 15 is 0 Å². The van der Waals surface area contributed by atoms with Gasteiger partial charge in [0.25, 0.3) is 0 Å². The van der Waals surface area contributed by atoms with E-state index in [4.69, 9.17) is 12.0 Å². The van der Waals surface area contributed by atoms with Crippen LogP contribution in [-0.2, 0) is 0 Å². The van der Waals surface area contributed by atoms with Crippen LogP contribution in [0.25, 0.3) is 0 Å². The summed E-state index contributed by atoms with van der Waals surface area (Å²) in [6.07, 6.45) is 0. The molecule has 6 heteroatoms. The summed E-state index contributed by atoms with van der Waals surface area (Å²) in [7, 11) is 8.05. The van der Waals surface area contributed by atoms with Crippen molar-refractivity contribution in [2.24, 2.45) is 5.92 Å². The van der Waals surface area contributed by atoms with Crippen LogP contribution in [0.2, 0.25) is 0 Å².